The molecule has 0 bridgehead atoms. The number of rotatable bonds is 4. The van der Waals surface area contributed by atoms with Gasteiger partial charge in [-0.15, -0.1) is 0 Å². The number of esters is 1. The zero-order valence-corrected chi connectivity index (χ0v) is 16.0. The number of nitrogens with zero attached hydrogens (tertiary/aromatic N) is 4. The van der Waals surface area contributed by atoms with Crippen molar-refractivity contribution in [2.75, 3.05) is 7.11 Å². The molecule has 1 atom stereocenters. The molecule has 0 saturated carbocycles. The zero-order valence-electron chi connectivity index (χ0n) is 15.2. The molecular formula is C20H15ClN4O4. The molecule has 3 heterocycles. The number of pyridine rings is 1. The van der Waals surface area contributed by atoms with Gasteiger partial charge >= 0.3 is 5.97 Å². The zero-order chi connectivity index (χ0) is 20.5. The van der Waals surface area contributed by atoms with Gasteiger partial charge in [0.2, 0.25) is 5.88 Å². The van der Waals surface area contributed by atoms with Crippen LogP contribution >= 0.6 is 11.6 Å². The van der Waals surface area contributed by atoms with Crippen molar-refractivity contribution in [1.29, 1.82) is 0 Å². The van der Waals surface area contributed by atoms with Crippen LogP contribution in [0.15, 0.2) is 53.7 Å². The third-order valence-corrected chi connectivity index (χ3v) is 4.87. The van der Waals surface area contributed by atoms with Gasteiger partial charge in [-0.05, 0) is 29.8 Å². The summed E-state index contributed by atoms with van der Waals surface area (Å²) in [5.41, 5.74) is 1.54. The van der Waals surface area contributed by atoms with Gasteiger partial charge in [0, 0.05) is 24.5 Å². The Balaban J connectivity index is 1.96. The summed E-state index contributed by atoms with van der Waals surface area (Å²) in [7, 11) is 1.26. The predicted molar refractivity (Wildman–Crippen MR) is 106 cm³/mol. The second kappa shape index (κ2) is 7.48. The van der Waals surface area contributed by atoms with Crippen LogP contribution in [0.4, 0.5) is 0 Å². The number of aromatic hydroxyl groups is 1. The summed E-state index contributed by atoms with van der Waals surface area (Å²) >= 11 is 6.01. The lowest BCUT2D eigenvalue weighted by Gasteiger charge is -2.18. The number of carbonyl (C=O) groups is 1. The Morgan fingerprint density at radius 3 is 2.72 bits per heavy atom. The van der Waals surface area contributed by atoms with Gasteiger partial charge in [-0.3, -0.25) is 24.0 Å². The molecule has 3 aromatic heterocycles. The van der Waals surface area contributed by atoms with Gasteiger partial charge in [-0.1, -0.05) is 17.7 Å². The number of hydrogen-bond donors (Lipinski definition) is 1. The van der Waals surface area contributed by atoms with Crippen molar-refractivity contribution < 1.29 is 14.6 Å². The molecule has 1 N–H and O–H groups in total. The molecule has 29 heavy (non-hydrogen) atoms. The first-order valence-electron chi connectivity index (χ1n) is 8.66. The highest BCUT2D eigenvalue weighted by atomic mass is 35.5. The quantitative estimate of drug-likeness (QED) is 0.515. The Labute approximate surface area is 169 Å². The van der Waals surface area contributed by atoms with Crippen LogP contribution in [-0.4, -0.2) is 37.5 Å². The highest BCUT2D eigenvalue weighted by molar-refractivity contribution is 6.30. The number of ether oxygens (including phenoxy) is 1. The van der Waals surface area contributed by atoms with E-state index in [1.165, 1.54) is 23.8 Å². The van der Waals surface area contributed by atoms with Crippen molar-refractivity contribution in [2.45, 2.75) is 12.3 Å². The molecule has 4 aromatic rings. The molecular weight excluding hydrogens is 396 g/mol. The minimum atomic E-state index is -0.801. The number of aromatic nitrogens is 4. The Morgan fingerprint density at radius 1 is 1.21 bits per heavy atom. The number of hydrogen-bond acceptors (Lipinski definition) is 7. The molecule has 0 aliphatic carbocycles. The molecule has 0 fully saturated rings. The summed E-state index contributed by atoms with van der Waals surface area (Å²) in [6, 6.07) is 8.28. The van der Waals surface area contributed by atoms with Gasteiger partial charge in [0.1, 0.15) is 5.65 Å². The summed E-state index contributed by atoms with van der Waals surface area (Å²) in [6.07, 6.45) is 4.37. The largest absolute Gasteiger partial charge is 0.493 e. The van der Waals surface area contributed by atoms with E-state index in [9.17, 15) is 14.7 Å². The van der Waals surface area contributed by atoms with Crippen molar-refractivity contribution in [1.82, 2.24) is 19.4 Å². The van der Waals surface area contributed by atoms with Crippen molar-refractivity contribution >= 4 is 34.3 Å². The summed E-state index contributed by atoms with van der Waals surface area (Å²) in [4.78, 5) is 37.9. The first kappa shape index (κ1) is 18.8. The van der Waals surface area contributed by atoms with E-state index in [0.717, 1.165) is 0 Å². The molecule has 8 nitrogen and oxygen atoms in total. The summed E-state index contributed by atoms with van der Waals surface area (Å²) in [5, 5.41) is 10.9. The second-order valence-electron chi connectivity index (χ2n) is 6.37. The standard InChI is InChI=1S/C20H15ClN4O4/c1-29-17(26)9-13(11-2-4-14-15(8-11)23-7-6-22-14)18-19(27)24-16-5-3-12(21)10-25(16)20(18)28/h2-8,10,13,27H,9H2,1H3/t13-/m1/s1. The topological polar surface area (TPSA) is 107 Å². The SMILES string of the molecule is COC(=O)C[C@H](c1ccc2nccnc2c1)c1c(O)nc2ccc(Cl)cn2c1=O. The van der Waals surface area contributed by atoms with E-state index in [1.54, 1.807) is 36.7 Å². The molecule has 146 valence electrons. The average Bonchev–Trinajstić information content (AvgIpc) is 2.73. The Hall–Kier alpha value is -3.52. The van der Waals surface area contributed by atoms with E-state index in [0.29, 0.717) is 21.6 Å². The molecule has 9 heteroatoms. The number of carbonyl (C=O) groups excluding carboxylic acids is 1. The number of benzene rings is 1. The molecule has 0 saturated heterocycles. The third-order valence-electron chi connectivity index (χ3n) is 4.64. The van der Waals surface area contributed by atoms with Crippen LogP contribution in [0.1, 0.15) is 23.5 Å². The van der Waals surface area contributed by atoms with E-state index in [-0.39, 0.29) is 17.6 Å². The Kier molecular flexibility index (Phi) is 4.85. The molecule has 0 unspecified atom stereocenters. The van der Waals surface area contributed by atoms with Crippen LogP contribution in [0.2, 0.25) is 5.02 Å². The van der Waals surface area contributed by atoms with E-state index in [4.69, 9.17) is 16.3 Å². The lowest BCUT2D eigenvalue weighted by atomic mass is 9.89. The van der Waals surface area contributed by atoms with E-state index >= 15 is 0 Å². The van der Waals surface area contributed by atoms with Crippen LogP contribution in [0.5, 0.6) is 5.88 Å². The molecule has 0 spiro atoms. The number of halogens is 1. The fourth-order valence-corrected chi connectivity index (χ4v) is 3.41. The molecule has 1 aromatic carbocycles. The highest BCUT2D eigenvalue weighted by Gasteiger charge is 2.27. The van der Waals surface area contributed by atoms with E-state index in [1.807, 2.05) is 0 Å². The van der Waals surface area contributed by atoms with Crippen molar-refractivity contribution in [2.24, 2.45) is 0 Å². The maximum atomic E-state index is 13.2. The van der Waals surface area contributed by atoms with E-state index in [2.05, 4.69) is 15.0 Å². The molecule has 0 amide bonds. The van der Waals surface area contributed by atoms with Crippen molar-refractivity contribution in [3.63, 3.8) is 0 Å². The van der Waals surface area contributed by atoms with Crippen LogP contribution in [0.25, 0.3) is 16.7 Å². The Bertz CT molecular complexity index is 1300. The second-order valence-corrected chi connectivity index (χ2v) is 6.80. The fourth-order valence-electron chi connectivity index (χ4n) is 3.25. The average molecular weight is 411 g/mol. The maximum Gasteiger partial charge on any atom is 0.306 e. The minimum absolute atomic E-state index is 0.0293. The van der Waals surface area contributed by atoms with Crippen LogP contribution < -0.4 is 5.56 Å². The van der Waals surface area contributed by atoms with Crippen molar-refractivity contribution in [3.8, 4) is 5.88 Å². The van der Waals surface area contributed by atoms with Gasteiger partial charge in [0.15, 0.2) is 0 Å². The first-order valence-corrected chi connectivity index (χ1v) is 9.04. The normalized spacial score (nSPS) is 12.2. The van der Waals surface area contributed by atoms with Gasteiger partial charge in [0.25, 0.3) is 5.56 Å². The number of fused-ring (bicyclic) bond motifs is 2. The van der Waals surface area contributed by atoms with Crippen LogP contribution in [0, 0.1) is 0 Å². The van der Waals surface area contributed by atoms with Gasteiger partial charge < -0.3 is 9.84 Å². The maximum absolute atomic E-state index is 13.2. The highest BCUT2D eigenvalue weighted by Crippen LogP contribution is 2.32. The van der Waals surface area contributed by atoms with Gasteiger partial charge in [-0.25, -0.2) is 0 Å². The monoisotopic (exact) mass is 410 g/mol. The molecule has 0 radical (unpaired) electrons. The Morgan fingerprint density at radius 2 is 1.97 bits per heavy atom. The fraction of sp³-hybridized carbons (Fsp3) is 0.150. The lowest BCUT2D eigenvalue weighted by molar-refractivity contribution is -0.140. The summed E-state index contributed by atoms with van der Waals surface area (Å²) < 4.78 is 6.04. The number of methoxy groups -OCH3 is 1. The van der Waals surface area contributed by atoms with Crippen LogP contribution in [-0.2, 0) is 9.53 Å². The van der Waals surface area contributed by atoms with Crippen molar-refractivity contribution in [3.05, 3.63) is 75.4 Å². The van der Waals surface area contributed by atoms with Gasteiger partial charge in [-0.2, -0.15) is 4.98 Å². The lowest BCUT2D eigenvalue weighted by Crippen LogP contribution is -2.24. The summed E-state index contributed by atoms with van der Waals surface area (Å²) in [6.45, 7) is 0. The molecule has 0 aliphatic rings. The third kappa shape index (κ3) is 3.50. The smallest absolute Gasteiger partial charge is 0.306 e. The molecule has 4 rings (SSSR count). The molecule has 0 aliphatic heterocycles. The van der Waals surface area contributed by atoms with Gasteiger partial charge in [0.05, 0.1) is 35.2 Å². The van der Waals surface area contributed by atoms with Crippen LogP contribution in [0.3, 0.4) is 0 Å². The first-order chi connectivity index (χ1) is 14.0. The predicted octanol–water partition coefficient (Wildman–Crippen LogP) is 2.69. The van der Waals surface area contributed by atoms with E-state index < -0.39 is 23.3 Å². The minimum Gasteiger partial charge on any atom is -0.493 e. The summed E-state index contributed by atoms with van der Waals surface area (Å²) in [5.74, 6) is -1.79.